The third-order valence-electron chi connectivity index (χ3n) is 3.03. The van der Waals surface area contributed by atoms with Crippen molar-refractivity contribution in [2.75, 3.05) is 26.2 Å². The molecule has 0 aromatic carbocycles. The number of rotatable bonds is 3. The lowest BCUT2D eigenvalue weighted by molar-refractivity contribution is -0.130. The quantitative estimate of drug-likeness (QED) is 0.570. The first-order valence-corrected chi connectivity index (χ1v) is 5.75. The van der Waals surface area contributed by atoms with Crippen LogP contribution in [0.1, 0.15) is 13.3 Å². The normalized spacial score (nSPS) is 25.4. The van der Waals surface area contributed by atoms with Crippen LogP contribution in [-0.4, -0.2) is 55.1 Å². The van der Waals surface area contributed by atoms with Crippen LogP contribution in [-0.2, 0) is 4.79 Å². The van der Waals surface area contributed by atoms with Crippen molar-refractivity contribution in [2.24, 2.45) is 0 Å². The Hall–Kier alpha value is -1.30. The van der Waals surface area contributed by atoms with Gasteiger partial charge in [-0.1, -0.05) is 0 Å². The van der Waals surface area contributed by atoms with Gasteiger partial charge in [-0.2, -0.15) is 0 Å². The fourth-order valence-corrected chi connectivity index (χ4v) is 2.07. The molecule has 1 unspecified atom stereocenters. The molecule has 1 atom stereocenters. The van der Waals surface area contributed by atoms with Gasteiger partial charge in [0.05, 0.1) is 12.1 Å². The van der Waals surface area contributed by atoms with Gasteiger partial charge in [0.1, 0.15) is 0 Å². The van der Waals surface area contributed by atoms with Gasteiger partial charge in [-0.05, 0) is 6.92 Å². The molecular weight excluding hydrogens is 208 g/mol. The molecule has 6 heteroatoms. The summed E-state index contributed by atoms with van der Waals surface area (Å²) in [5, 5.41) is 8.62. The fourth-order valence-electron chi connectivity index (χ4n) is 2.07. The number of carbonyl (C=O) groups excluding carboxylic acids is 2. The highest BCUT2D eigenvalue weighted by Crippen LogP contribution is 2.16. The highest BCUT2D eigenvalue weighted by Gasteiger charge is 2.37. The molecule has 0 spiro atoms. The maximum atomic E-state index is 11.7. The Kier molecular flexibility index (Phi) is 3.28. The predicted molar refractivity (Wildman–Crippen MR) is 59.0 cm³/mol. The number of carbonyl (C=O) groups is 2. The van der Waals surface area contributed by atoms with E-state index in [1.165, 1.54) is 0 Å². The van der Waals surface area contributed by atoms with Crippen molar-refractivity contribution in [3.8, 4) is 0 Å². The summed E-state index contributed by atoms with van der Waals surface area (Å²) in [5.74, 6) is 0.147. The van der Waals surface area contributed by atoms with Crippen LogP contribution in [0.3, 0.4) is 0 Å². The van der Waals surface area contributed by atoms with Gasteiger partial charge in [0.2, 0.25) is 5.91 Å². The average Bonchev–Trinajstić information content (AvgIpc) is 2.44. The van der Waals surface area contributed by atoms with Crippen molar-refractivity contribution in [1.29, 1.82) is 0 Å². The lowest BCUT2D eigenvalue weighted by atomic mass is 10.1. The van der Waals surface area contributed by atoms with E-state index in [2.05, 4.69) is 16.0 Å². The lowest BCUT2D eigenvalue weighted by Gasteiger charge is -2.35. The summed E-state index contributed by atoms with van der Waals surface area (Å²) >= 11 is 0. The monoisotopic (exact) mass is 226 g/mol. The largest absolute Gasteiger partial charge is 0.338 e. The number of amides is 3. The molecule has 0 radical (unpaired) electrons. The van der Waals surface area contributed by atoms with Gasteiger partial charge in [-0.15, -0.1) is 0 Å². The van der Waals surface area contributed by atoms with Crippen molar-refractivity contribution in [1.82, 2.24) is 20.9 Å². The second-order valence-corrected chi connectivity index (χ2v) is 4.26. The van der Waals surface area contributed by atoms with Crippen LogP contribution >= 0.6 is 0 Å². The summed E-state index contributed by atoms with van der Waals surface area (Å²) in [6, 6.07) is 0.0991. The van der Waals surface area contributed by atoms with E-state index in [1.54, 1.807) is 0 Å². The molecule has 2 saturated heterocycles. The summed E-state index contributed by atoms with van der Waals surface area (Å²) in [6.45, 7) is 4.86. The van der Waals surface area contributed by atoms with Crippen LogP contribution in [0.15, 0.2) is 0 Å². The first-order chi connectivity index (χ1) is 7.70. The number of hydrogen-bond acceptors (Lipinski definition) is 3. The molecule has 0 aliphatic carbocycles. The zero-order valence-electron chi connectivity index (χ0n) is 9.45. The molecule has 2 aliphatic rings. The molecule has 3 N–H and O–H groups in total. The molecule has 0 saturated carbocycles. The maximum absolute atomic E-state index is 11.7. The van der Waals surface area contributed by atoms with Crippen LogP contribution in [0.25, 0.3) is 0 Å². The first kappa shape index (κ1) is 11.2. The van der Waals surface area contributed by atoms with E-state index in [1.807, 2.05) is 11.8 Å². The van der Waals surface area contributed by atoms with Crippen LogP contribution < -0.4 is 16.0 Å². The van der Waals surface area contributed by atoms with Crippen molar-refractivity contribution in [3.05, 3.63) is 0 Å². The molecular formula is C10H18N4O2. The molecule has 2 rings (SSSR count). The molecule has 90 valence electrons. The van der Waals surface area contributed by atoms with Crippen LogP contribution in [0, 0.1) is 0 Å². The van der Waals surface area contributed by atoms with Gasteiger partial charge in [0, 0.05) is 32.6 Å². The molecule has 16 heavy (non-hydrogen) atoms. The van der Waals surface area contributed by atoms with Crippen molar-refractivity contribution >= 4 is 11.9 Å². The number of nitrogens with zero attached hydrogens (tertiary/aromatic N) is 1. The lowest BCUT2D eigenvalue weighted by Crippen LogP contribution is -2.58. The molecule has 3 amide bonds. The van der Waals surface area contributed by atoms with E-state index in [9.17, 15) is 9.59 Å². The van der Waals surface area contributed by atoms with Gasteiger partial charge in [-0.25, -0.2) is 4.79 Å². The van der Waals surface area contributed by atoms with E-state index >= 15 is 0 Å². The van der Waals surface area contributed by atoms with Gasteiger partial charge in [0.15, 0.2) is 0 Å². The van der Waals surface area contributed by atoms with E-state index in [4.69, 9.17) is 0 Å². The SMILES string of the molecule is CCNC(=O)NC1CC(=O)N(C2CNC2)C1. The zero-order chi connectivity index (χ0) is 11.5. The molecule has 0 aromatic rings. The highest BCUT2D eigenvalue weighted by atomic mass is 16.2. The Morgan fingerprint density at radius 3 is 2.88 bits per heavy atom. The summed E-state index contributed by atoms with van der Waals surface area (Å²) < 4.78 is 0. The third-order valence-corrected chi connectivity index (χ3v) is 3.03. The van der Waals surface area contributed by atoms with Crippen molar-refractivity contribution in [3.63, 3.8) is 0 Å². The molecule has 6 nitrogen and oxygen atoms in total. The van der Waals surface area contributed by atoms with E-state index in [0.717, 1.165) is 13.1 Å². The second kappa shape index (κ2) is 4.69. The summed E-state index contributed by atoms with van der Waals surface area (Å²) in [4.78, 5) is 24.9. The van der Waals surface area contributed by atoms with Gasteiger partial charge in [-0.3, -0.25) is 4.79 Å². The predicted octanol–water partition coefficient (Wildman–Crippen LogP) is -1.12. The number of likely N-dealkylation sites (tertiary alicyclic amines) is 1. The van der Waals surface area contributed by atoms with E-state index in [0.29, 0.717) is 25.6 Å². The highest BCUT2D eigenvalue weighted by molar-refractivity contribution is 5.82. The number of nitrogens with one attached hydrogen (secondary N) is 3. The second-order valence-electron chi connectivity index (χ2n) is 4.26. The topological polar surface area (TPSA) is 73.5 Å². The maximum Gasteiger partial charge on any atom is 0.315 e. The third kappa shape index (κ3) is 2.27. The summed E-state index contributed by atoms with van der Waals surface area (Å²) in [6.07, 6.45) is 0.424. The Morgan fingerprint density at radius 1 is 1.56 bits per heavy atom. The summed E-state index contributed by atoms with van der Waals surface area (Å²) in [5.41, 5.74) is 0. The van der Waals surface area contributed by atoms with Gasteiger partial charge in [0.25, 0.3) is 0 Å². The van der Waals surface area contributed by atoms with Crippen LogP contribution in [0.5, 0.6) is 0 Å². The molecule has 2 fully saturated rings. The average molecular weight is 226 g/mol. The van der Waals surface area contributed by atoms with E-state index < -0.39 is 0 Å². The Bertz CT molecular complexity index is 291. The first-order valence-electron chi connectivity index (χ1n) is 5.75. The van der Waals surface area contributed by atoms with E-state index in [-0.39, 0.29) is 18.0 Å². The van der Waals surface area contributed by atoms with Crippen molar-refractivity contribution < 1.29 is 9.59 Å². The minimum Gasteiger partial charge on any atom is -0.338 e. The van der Waals surface area contributed by atoms with Crippen molar-refractivity contribution in [2.45, 2.75) is 25.4 Å². The van der Waals surface area contributed by atoms with Gasteiger partial charge < -0.3 is 20.9 Å². The van der Waals surface area contributed by atoms with Crippen LogP contribution in [0.2, 0.25) is 0 Å². The molecule has 0 bridgehead atoms. The Labute approximate surface area is 94.7 Å². The number of urea groups is 1. The number of hydrogen-bond donors (Lipinski definition) is 3. The molecule has 2 heterocycles. The minimum absolute atomic E-state index is 0.0420. The fraction of sp³-hybridized carbons (Fsp3) is 0.800. The Morgan fingerprint density at radius 2 is 2.31 bits per heavy atom. The minimum atomic E-state index is -0.186. The standard InChI is InChI=1S/C10H18N4O2/c1-2-12-10(16)13-7-3-9(15)14(6-7)8-4-11-5-8/h7-8,11H,2-6H2,1H3,(H2,12,13,16). The zero-order valence-corrected chi connectivity index (χ0v) is 9.45. The smallest absolute Gasteiger partial charge is 0.315 e. The van der Waals surface area contributed by atoms with Crippen LogP contribution in [0.4, 0.5) is 4.79 Å². The summed E-state index contributed by atoms with van der Waals surface area (Å²) in [7, 11) is 0. The Balaban J connectivity index is 1.81. The molecule has 0 aromatic heterocycles. The molecule has 2 aliphatic heterocycles. The van der Waals surface area contributed by atoms with Gasteiger partial charge >= 0.3 is 6.03 Å².